The molecule has 182 valence electrons. The maximum absolute atomic E-state index is 5.65. The Balaban J connectivity index is 2.17. The molecule has 0 aromatic heterocycles. The molecule has 32 heavy (non-hydrogen) atoms. The van der Waals surface area contributed by atoms with Gasteiger partial charge in [0.1, 0.15) is 6.61 Å². The Kier molecular flexibility index (Phi) is 17.7. The van der Waals surface area contributed by atoms with E-state index in [9.17, 15) is 0 Å². The minimum atomic E-state index is 0.483. The molecule has 6 heteroatoms. The van der Waals surface area contributed by atoms with Crippen molar-refractivity contribution in [2.75, 3.05) is 72.7 Å². The molecule has 0 heterocycles. The summed E-state index contributed by atoms with van der Waals surface area (Å²) in [5, 5.41) is 0. The van der Waals surface area contributed by atoms with E-state index in [4.69, 9.17) is 28.4 Å². The lowest BCUT2D eigenvalue weighted by molar-refractivity contribution is 0.0205. The van der Waals surface area contributed by atoms with E-state index in [1.54, 1.807) is 6.26 Å². The SMILES string of the molecule is C=C(COCCOCCOCCC)c1ccc(/C(C)=C/OCCOCCOCCC)cc1. The lowest BCUT2D eigenvalue weighted by Gasteiger charge is -2.10. The minimum Gasteiger partial charge on any atom is -0.498 e. The second-order valence-corrected chi connectivity index (χ2v) is 7.35. The van der Waals surface area contributed by atoms with Crippen molar-refractivity contribution in [3.63, 3.8) is 0 Å². The normalized spacial score (nSPS) is 11.7. The maximum atomic E-state index is 5.65. The van der Waals surface area contributed by atoms with Crippen LogP contribution in [0.1, 0.15) is 44.7 Å². The standard InChI is InChI=1S/C26H42O6/c1-5-11-27-13-15-29-17-19-31-21-23(3)25-7-9-26(10-8-25)24(4)22-32-20-18-30-16-14-28-12-6-2/h7-10,22H,3,5-6,11-21H2,1-2,4H3/b24-22+. The summed E-state index contributed by atoms with van der Waals surface area (Å²) in [6.45, 7) is 17.0. The molecular weight excluding hydrogens is 408 g/mol. The molecule has 0 N–H and O–H groups in total. The summed E-state index contributed by atoms with van der Waals surface area (Å²) in [5.74, 6) is 0. The lowest BCUT2D eigenvalue weighted by Crippen LogP contribution is -2.10. The van der Waals surface area contributed by atoms with Gasteiger partial charge in [-0.05, 0) is 42.0 Å². The third-order valence-electron chi connectivity index (χ3n) is 4.44. The first-order valence-corrected chi connectivity index (χ1v) is 11.6. The van der Waals surface area contributed by atoms with Crippen LogP contribution in [0.5, 0.6) is 0 Å². The molecule has 1 rings (SSSR count). The van der Waals surface area contributed by atoms with Gasteiger partial charge in [0, 0.05) is 13.2 Å². The van der Waals surface area contributed by atoms with E-state index in [1.165, 1.54) is 0 Å². The Morgan fingerprint density at radius 1 is 0.656 bits per heavy atom. The fraction of sp³-hybridized carbons (Fsp3) is 0.615. The van der Waals surface area contributed by atoms with Crippen LogP contribution in [-0.4, -0.2) is 72.7 Å². The van der Waals surface area contributed by atoms with E-state index in [2.05, 4.69) is 44.7 Å². The summed E-state index contributed by atoms with van der Waals surface area (Å²) < 4.78 is 32.9. The van der Waals surface area contributed by atoms with E-state index < -0.39 is 0 Å². The molecule has 0 bridgehead atoms. The van der Waals surface area contributed by atoms with Crippen molar-refractivity contribution in [3.05, 3.63) is 48.2 Å². The summed E-state index contributed by atoms with van der Waals surface area (Å²) in [6, 6.07) is 8.24. The number of rotatable bonds is 21. The number of allylic oxidation sites excluding steroid dienone is 1. The molecule has 1 aromatic rings. The smallest absolute Gasteiger partial charge is 0.111 e. The Morgan fingerprint density at radius 2 is 1.09 bits per heavy atom. The average molecular weight is 451 g/mol. The third-order valence-corrected chi connectivity index (χ3v) is 4.44. The van der Waals surface area contributed by atoms with Gasteiger partial charge in [-0.1, -0.05) is 44.7 Å². The average Bonchev–Trinajstić information content (AvgIpc) is 2.81. The zero-order chi connectivity index (χ0) is 23.3. The Bertz CT molecular complexity index is 611. The second-order valence-electron chi connectivity index (χ2n) is 7.35. The van der Waals surface area contributed by atoms with Gasteiger partial charge in [-0.2, -0.15) is 0 Å². The van der Waals surface area contributed by atoms with E-state index in [-0.39, 0.29) is 0 Å². The van der Waals surface area contributed by atoms with Crippen LogP contribution in [0.25, 0.3) is 11.1 Å². The fourth-order valence-corrected chi connectivity index (χ4v) is 2.66. The van der Waals surface area contributed by atoms with Gasteiger partial charge in [-0.3, -0.25) is 0 Å². The number of hydrogen-bond donors (Lipinski definition) is 0. The highest BCUT2D eigenvalue weighted by Crippen LogP contribution is 2.18. The fourth-order valence-electron chi connectivity index (χ4n) is 2.66. The van der Waals surface area contributed by atoms with Crippen molar-refractivity contribution in [1.29, 1.82) is 0 Å². The van der Waals surface area contributed by atoms with Gasteiger partial charge in [-0.15, -0.1) is 0 Å². The monoisotopic (exact) mass is 450 g/mol. The van der Waals surface area contributed by atoms with E-state index in [0.29, 0.717) is 59.5 Å². The van der Waals surface area contributed by atoms with Crippen LogP contribution in [0.15, 0.2) is 37.1 Å². The number of ether oxygens (including phenoxy) is 6. The van der Waals surface area contributed by atoms with Crippen LogP contribution in [0.4, 0.5) is 0 Å². The van der Waals surface area contributed by atoms with Crippen LogP contribution in [-0.2, 0) is 28.4 Å². The maximum Gasteiger partial charge on any atom is 0.111 e. The van der Waals surface area contributed by atoms with Gasteiger partial charge in [-0.25, -0.2) is 0 Å². The van der Waals surface area contributed by atoms with Crippen molar-refractivity contribution >= 4 is 11.1 Å². The Labute approximate surface area is 194 Å². The molecule has 1 aromatic carbocycles. The van der Waals surface area contributed by atoms with Crippen LogP contribution < -0.4 is 0 Å². The van der Waals surface area contributed by atoms with Crippen molar-refractivity contribution < 1.29 is 28.4 Å². The molecule has 0 radical (unpaired) electrons. The van der Waals surface area contributed by atoms with Crippen molar-refractivity contribution in [3.8, 4) is 0 Å². The predicted molar refractivity (Wildman–Crippen MR) is 130 cm³/mol. The van der Waals surface area contributed by atoms with Crippen molar-refractivity contribution in [2.24, 2.45) is 0 Å². The highest BCUT2D eigenvalue weighted by Gasteiger charge is 2.02. The molecule has 0 saturated heterocycles. The highest BCUT2D eigenvalue weighted by molar-refractivity contribution is 5.68. The lowest BCUT2D eigenvalue weighted by atomic mass is 10.0. The summed E-state index contributed by atoms with van der Waals surface area (Å²) in [5.41, 5.74) is 4.18. The molecule has 0 atom stereocenters. The highest BCUT2D eigenvalue weighted by atomic mass is 16.5. The number of hydrogen-bond acceptors (Lipinski definition) is 6. The first-order valence-electron chi connectivity index (χ1n) is 11.6. The second kappa shape index (κ2) is 19.9. The first kappa shape index (κ1) is 28.3. The molecule has 0 spiro atoms. The quantitative estimate of drug-likeness (QED) is 0.194. The van der Waals surface area contributed by atoms with Crippen LogP contribution in [0, 0.1) is 0 Å². The van der Waals surface area contributed by atoms with Crippen LogP contribution >= 0.6 is 0 Å². The van der Waals surface area contributed by atoms with Gasteiger partial charge >= 0.3 is 0 Å². The Morgan fingerprint density at radius 3 is 1.62 bits per heavy atom. The Hall–Kier alpha value is -1.70. The number of benzene rings is 1. The topological polar surface area (TPSA) is 55.4 Å². The van der Waals surface area contributed by atoms with E-state index in [0.717, 1.165) is 48.3 Å². The molecule has 0 fully saturated rings. The summed E-state index contributed by atoms with van der Waals surface area (Å²) in [4.78, 5) is 0. The predicted octanol–water partition coefficient (Wildman–Crippen LogP) is 4.98. The molecule has 0 saturated carbocycles. The summed E-state index contributed by atoms with van der Waals surface area (Å²) in [6.07, 6.45) is 3.83. The van der Waals surface area contributed by atoms with Crippen LogP contribution in [0.3, 0.4) is 0 Å². The molecule has 0 amide bonds. The first-order chi connectivity index (χ1) is 15.7. The van der Waals surface area contributed by atoms with Crippen molar-refractivity contribution in [2.45, 2.75) is 33.6 Å². The molecular formula is C26H42O6. The zero-order valence-electron chi connectivity index (χ0n) is 20.2. The van der Waals surface area contributed by atoms with Gasteiger partial charge < -0.3 is 28.4 Å². The van der Waals surface area contributed by atoms with E-state index in [1.807, 2.05) is 6.92 Å². The van der Waals surface area contributed by atoms with E-state index >= 15 is 0 Å². The van der Waals surface area contributed by atoms with Gasteiger partial charge in [0.2, 0.25) is 0 Å². The minimum absolute atomic E-state index is 0.483. The molecule has 6 nitrogen and oxygen atoms in total. The molecule has 0 aliphatic heterocycles. The molecule has 0 unspecified atom stereocenters. The summed E-state index contributed by atoms with van der Waals surface area (Å²) >= 11 is 0. The van der Waals surface area contributed by atoms with Gasteiger partial charge in [0.25, 0.3) is 0 Å². The summed E-state index contributed by atoms with van der Waals surface area (Å²) in [7, 11) is 0. The molecule has 0 aliphatic rings. The zero-order valence-corrected chi connectivity index (χ0v) is 20.2. The largest absolute Gasteiger partial charge is 0.498 e. The third kappa shape index (κ3) is 14.4. The van der Waals surface area contributed by atoms with Crippen molar-refractivity contribution in [1.82, 2.24) is 0 Å². The van der Waals surface area contributed by atoms with Gasteiger partial charge in [0.05, 0.1) is 59.1 Å². The van der Waals surface area contributed by atoms with Crippen LogP contribution in [0.2, 0.25) is 0 Å². The van der Waals surface area contributed by atoms with Gasteiger partial charge in [0.15, 0.2) is 0 Å². The molecule has 0 aliphatic carbocycles.